The summed E-state index contributed by atoms with van der Waals surface area (Å²) in [6.07, 6.45) is 1.47. The van der Waals surface area contributed by atoms with Crippen molar-refractivity contribution in [2.75, 3.05) is 4.90 Å². The van der Waals surface area contributed by atoms with Crippen LogP contribution in [-0.4, -0.2) is 16.1 Å². The summed E-state index contributed by atoms with van der Waals surface area (Å²) in [6, 6.07) is 19.1. The maximum atomic E-state index is 14.2. The Hall–Kier alpha value is -2.96. The van der Waals surface area contributed by atoms with E-state index in [0.29, 0.717) is 21.6 Å². The molecule has 0 bridgehead atoms. The van der Waals surface area contributed by atoms with E-state index in [4.69, 9.17) is 11.6 Å². The summed E-state index contributed by atoms with van der Waals surface area (Å²) in [5, 5.41) is 0.681. The smallest absolute Gasteiger partial charge is 0.268 e. The number of carbonyl (C=O) groups is 1. The number of anilines is 1. The summed E-state index contributed by atoms with van der Waals surface area (Å²) in [4.78, 5) is 23.9. The van der Waals surface area contributed by atoms with Gasteiger partial charge < -0.3 is 0 Å². The Labute approximate surface area is 176 Å². The van der Waals surface area contributed by atoms with Crippen molar-refractivity contribution in [3.05, 3.63) is 93.7 Å². The molecule has 1 amide bonds. The first kappa shape index (κ1) is 19.4. The summed E-state index contributed by atoms with van der Waals surface area (Å²) < 4.78 is 14.2. The fourth-order valence-corrected chi connectivity index (χ4v) is 4.01. The van der Waals surface area contributed by atoms with Crippen molar-refractivity contribution < 1.29 is 9.18 Å². The van der Waals surface area contributed by atoms with Crippen LogP contribution < -0.4 is 4.90 Å². The number of hydrogen-bond donors (Lipinski definition) is 0. The van der Waals surface area contributed by atoms with Gasteiger partial charge in [0.2, 0.25) is 0 Å². The molecular formula is C22H15ClFN3OS. The lowest BCUT2D eigenvalue weighted by atomic mass is 10.2. The van der Waals surface area contributed by atoms with Crippen LogP contribution in [0.15, 0.2) is 76.6 Å². The lowest BCUT2D eigenvalue weighted by Gasteiger charge is -2.15. The molecule has 1 fully saturated rings. The highest BCUT2D eigenvalue weighted by molar-refractivity contribution is 8.19. The van der Waals surface area contributed by atoms with Crippen LogP contribution in [0, 0.1) is 12.7 Å². The molecule has 2 heterocycles. The number of aryl methyl sites for hydroxylation is 1. The van der Waals surface area contributed by atoms with Crippen molar-refractivity contribution in [1.29, 1.82) is 0 Å². The predicted molar refractivity (Wildman–Crippen MR) is 117 cm³/mol. The highest BCUT2D eigenvalue weighted by Crippen LogP contribution is 2.38. The zero-order valence-electron chi connectivity index (χ0n) is 15.3. The second-order valence-electron chi connectivity index (χ2n) is 6.25. The van der Waals surface area contributed by atoms with Gasteiger partial charge in [0.25, 0.3) is 5.91 Å². The standard InChI is InChI=1S/C22H15ClFN3OS/c1-14-7-5-12-20(25-14)26-22-27(15-8-3-2-4-9-15)21(28)19(29-22)13-16-17(23)10-6-11-18(16)24/h2-13H,1H3/b19-13-,26-22+. The molecule has 4 nitrogen and oxygen atoms in total. The van der Waals surface area contributed by atoms with Crippen LogP contribution in [0.4, 0.5) is 15.9 Å². The maximum absolute atomic E-state index is 14.2. The second kappa shape index (κ2) is 8.19. The highest BCUT2D eigenvalue weighted by atomic mass is 35.5. The molecule has 1 aromatic heterocycles. The number of carbonyl (C=O) groups excluding carboxylic acids is 1. The molecule has 0 atom stereocenters. The first-order valence-corrected chi connectivity index (χ1v) is 9.98. The Kier molecular flexibility index (Phi) is 5.47. The summed E-state index contributed by atoms with van der Waals surface area (Å²) in [5.74, 6) is -0.297. The first-order valence-electron chi connectivity index (χ1n) is 8.78. The zero-order chi connectivity index (χ0) is 20.4. The molecule has 2 aromatic carbocycles. The van der Waals surface area contributed by atoms with Gasteiger partial charge in [-0.3, -0.25) is 9.69 Å². The molecule has 0 radical (unpaired) electrons. The summed E-state index contributed by atoms with van der Waals surface area (Å²) >= 11 is 7.29. The minimum atomic E-state index is -0.490. The molecule has 1 saturated heterocycles. The Morgan fingerprint density at radius 2 is 1.83 bits per heavy atom. The molecule has 144 valence electrons. The molecule has 7 heteroatoms. The summed E-state index contributed by atoms with van der Waals surface area (Å²) in [5.41, 5.74) is 1.66. The van der Waals surface area contributed by atoms with Gasteiger partial charge >= 0.3 is 0 Å². The molecule has 29 heavy (non-hydrogen) atoms. The Balaban J connectivity index is 1.81. The third-order valence-corrected chi connectivity index (χ3v) is 5.48. The van der Waals surface area contributed by atoms with Crippen molar-refractivity contribution in [1.82, 2.24) is 4.98 Å². The van der Waals surface area contributed by atoms with E-state index in [1.54, 1.807) is 12.1 Å². The third-order valence-electron chi connectivity index (χ3n) is 4.18. The normalized spacial score (nSPS) is 16.8. The highest BCUT2D eigenvalue weighted by Gasteiger charge is 2.35. The fourth-order valence-electron chi connectivity index (χ4n) is 2.82. The van der Waals surface area contributed by atoms with E-state index in [1.807, 2.05) is 49.4 Å². The van der Waals surface area contributed by atoms with E-state index in [9.17, 15) is 9.18 Å². The van der Waals surface area contributed by atoms with Gasteiger partial charge in [-0.25, -0.2) is 14.4 Å². The number of halogens is 2. The van der Waals surface area contributed by atoms with E-state index in [0.717, 1.165) is 17.5 Å². The lowest BCUT2D eigenvalue weighted by molar-refractivity contribution is -0.113. The van der Waals surface area contributed by atoms with Crippen LogP contribution in [0.25, 0.3) is 6.08 Å². The molecule has 0 saturated carbocycles. The van der Waals surface area contributed by atoms with E-state index in [-0.39, 0.29) is 16.5 Å². The number of amidine groups is 1. The van der Waals surface area contributed by atoms with E-state index < -0.39 is 5.82 Å². The van der Waals surface area contributed by atoms with E-state index in [2.05, 4.69) is 9.98 Å². The fraction of sp³-hybridized carbons (Fsp3) is 0.0455. The summed E-state index contributed by atoms with van der Waals surface area (Å²) in [6.45, 7) is 1.87. The number of para-hydroxylation sites is 1. The first-order chi connectivity index (χ1) is 14.0. The molecule has 0 unspecified atom stereocenters. The zero-order valence-corrected chi connectivity index (χ0v) is 16.9. The number of amides is 1. The number of rotatable bonds is 3. The number of benzene rings is 2. The number of aromatic nitrogens is 1. The largest absolute Gasteiger partial charge is 0.271 e. The van der Waals surface area contributed by atoms with Gasteiger partial charge in [0.05, 0.1) is 15.6 Å². The number of pyridine rings is 1. The van der Waals surface area contributed by atoms with Crippen LogP contribution in [-0.2, 0) is 4.79 Å². The van der Waals surface area contributed by atoms with Crippen LogP contribution in [0.2, 0.25) is 5.02 Å². The van der Waals surface area contributed by atoms with Gasteiger partial charge in [-0.15, -0.1) is 0 Å². The minimum absolute atomic E-state index is 0.174. The molecule has 1 aliphatic heterocycles. The van der Waals surface area contributed by atoms with Crippen LogP contribution in [0.3, 0.4) is 0 Å². The average Bonchev–Trinajstić information content (AvgIpc) is 3.00. The van der Waals surface area contributed by atoms with Crippen molar-refractivity contribution in [3.8, 4) is 0 Å². The second-order valence-corrected chi connectivity index (χ2v) is 7.67. The van der Waals surface area contributed by atoms with Gasteiger partial charge in [0.15, 0.2) is 11.0 Å². The SMILES string of the molecule is Cc1cccc(/N=C2/S/C(=C\c3c(F)cccc3Cl)C(=O)N2c2ccccc2)n1. The van der Waals surface area contributed by atoms with E-state index >= 15 is 0 Å². The molecule has 3 aromatic rings. The number of nitrogens with zero attached hydrogens (tertiary/aromatic N) is 3. The molecule has 0 aliphatic carbocycles. The van der Waals surface area contributed by atoms with Gasteiger partial charge in [-0.1, -0.05) is 41.9 Å². The van der Waals surface area contributed by atoms with Gasteiger partial charge in [0.1, 0.15) is 5.82 Å². The van der Waals surface area contributed by atoms with Gasteiger partial charge in [-0.2, -0.15) is 0 Å². The topological polar surface area (TPSA) is 45.6 Å². The Bertz CT molecular complexity index is 1130. The van der Waals surface area contributed by atoms with Crippen molar-refractivity contribution >= 4 is 52.0 Å². The molecule has 0 spiro atoms. The van der Waals surface area contributed by atoms with Gasteiger partial charge in [-0.05, 0) is 61.2 Å². The quantitative estimate of drug-likeness (QED) is 0.486. The maximum Gasteiger partial charge on any atom is 0.271 e. The van der Waals surface area contributed by atoms with E-state index in [1.165, 1.54) is 23.1 Å². The number of aliphatic imine (C=N–C) groups is 1. The van der Waals surface area contributed by atoms with Crippen LogP contribution in [0.1, 0.15) is 11.3 Å². The minimum Gasteiger partial charge on any atom is -0.268 e. The van der Waals surface area contributed by atoms with Crippen molar-refractivity contribution in [3.63, 3.8) is 0 Å². The van der Waals surface area contributed by atoms with Crippen LogP contribution in [0.5, 0.6) is 0 Å². The monoisotopic (exact) mass is 423 g/mol. The molecule has 0 N–H and O–H groups in total. The molecular weight excluding hydrogens is 409 g/mol. The Morgan fingerprint density at radius 1 is 1.07 bits per heavy atom. The third kappa shape index (κ3) is 4.09. The summed E-state index contributed by atoms with van der Waals surface area (Å²) in [7, 11) is 0. The van der Waals surface area contributed by atoms with Crippen LogP contribution >= 0.6 is 23.4 Å². The van der Waals surface area contributed by atoms with Crippen molar-refractivity contribution in [2.45, 2.75) is 6.92 Å². The molecule has 4 rings (SSSR count). The Morgan fingerprint density at radius 3 is 2.55 bits per heavy atom. The lowest BCUT2D eigenvalue weighted by Crippen LogP contribution is -2.28. The molecule has 1 aliphatic rings. The predicted octanol–water partition coefficient (Wildman–Crippen LogP) is 5.99. The average molecular weight is 424 g/mol. The number of thioether (sulfide) groups is 1. The number of hydrogen-bond acceptors (Lipinski definition) is 4. The van der Waals surface area contributed by atoms with Crippen molar-refractivity contribution in [2.24, 2.45) is 4.99 Å². The van der Waals surface area contributed by atoms with Gasteiger partial charge in [0, 0.05) is 11.3 Å².